The molecule has 2 aromatic carbocycles. The highest BCUT2D eigenvalue weighted by atomic mass is 19.1. The van der Waals surface area contributed by atoms with E-state index in [-0.39, 0.29) is 24.7 Å². The zero-order valence-corrected chi connectivity index (χ0v) is 22.0. The number of hydrogen-bond donors (Lipinski definition) is 1. The third-order valence-corrected chi connectivity index (χ3v) is 7.70. The number of rotatable bonds is 7. The fourth-order valence-corrected chi connectivity index (χ4v) is 5.50. The van der Waals surface area contributed by atoms with Gasteiger partial charge in [0.05, 0.1) is 54.9 Å². The molecular weight excluding hydrogens is 518 g/mol. The minimum atomic E-state index is -0.816. The van der Waals surface area contributed by atoms with Crippen LogP contribution in [0.2, 0.25) is 0 Å². The zero-order chi connectivity index (χ0) is 27.6. The van der Waals surface area contributed by atoms with Crippen molar-refractivity contribution in [1.29, 1.82) is 0 Å². The zero-order valence-electron chi connectivity index (χ0n) is 22.0. The summed E-state index contributed by atoms with van der Waals surface area (Å²) in [4.78, 5) is 24.3. The number of carboxylic acids is 1. The van der Waals surface area contributed by atoms with E-state index in [9.17, 15) is 4.79 Å². The van der Waals surface area contributed by atoms with Crippen molar-refractivity contribution in [2.24, 2.45) is 0 Å². The van der Waals surface area contributed by atoms with Crippen molar-refractivity contribution in [2.45, 2.75) is 25.4 Å². The Hall–Kier alpha value is -3.80. The molecule has 11 heteroatoms. The van der Waals surface area contributed by atoms with Crippen molar-refractivity contribution >= 4 is 17.0 Å². The molecule has 0 radical (unpaired) electrons. The normalized spacial score (nSPS) is 17.4. The van der Waals surface area contributed by atoms with Crippen LogP contribution >= 0.6 is 0 Å². The summed E-state index contributed by atoms with van der Waals surface area (Å²) in [7, 11) is 0. The molecule has 40 heavy (non-hydrogen) atoms. The highest BCUT2D eigenvalue weighted by Gasteiger charge is 2.23. The molecule has 0 spiro atoms. The molecule has 0 amide bonds. The van der Waals surface area contributed by atoms with Crippen LogP contribution in [-0.2, 0) is 16.1 Å². The molecule has 0 saturated carbocycles. The largest absolute Gasteiger partial charge is 0.480 e. The SMILES string of the molecule is O=C(O)CN1CCC(n2cc(-c3cnc4cccc(-c5cc(F)c(CN6CCOCC6)c(F)c5)c4n3)cn2)CC1. The smallest absolute Gasteiger partial charge is 0.317 e. The van der Waals surface area contributed by atoms with Crippen LogP contribution in [-0.4, -0.2) is 86.6 Å². The third kappa shape index (κ3) is 5.58. The number of aromatic nitrogens is 4. The van der Waals surface area contributed by atoms with Crippen LogP contribution in [0.4, 0.5) is 8.78 Å². The molecule has 1 N–H and O–H groups in total. The average Bonchev–Trinajstić information content (AvgIpc) is 3.45. The fourth-order valence-electron chi connectivity index (χ4n) is 5.50. The van der Waals surface area contributed by atoms with Crippen molar-refractivity contribution < 1.29 is 23.4 Å². The second-order valence-electron chi connectivity index (χ2n) is 10.3. The maximum absolute atomic E-state index is 15.2. The number of morpholine rings is 1. The Morgan fingerprint density at radius 1 is 1.00 bits per heavy atom. The van der Waals surface area contributed by atoms with E-state index in [1.807, 2.05) is 26.7 Å². The van der Waals surface area contributed by atoms with Crippen LogP contribution in [0.3, 0.4) is 0 Å². The summed E-state index contributed by atoms with van der Waals surface area (Å²) in [5.41, 5.74) is 3.63. The first kappa shape index (κ1) is 26.4. The number of para-hydroxylation sites is 1. The standard InChI is InChI=1S/C29H30F2N6O3/c30-24-12-19(13-25(31)23(24)17-36-8-10-40-11-9-36)22-2-1-3-26-29(22)34-27(15-32-26)20-14-33-37(16-20)21-4-6-35(7-5-21)18-28(38)39/h1-3,12-16,21H,4-11,17-18H2,(H,38,39). The van der Waals surface area contributed by atoms with Gasteiger partial charge in [-0.1, -0.05) is 12.1 Å². The molecule has 2 aliphatic heterocycles. The summed E-state index contributed by atoms with van der Waals surface area (Å²) in [6, 6.07) is 8.34. The van der Waals surface area contributed by atoms with Crippen LogP contribution in [0.25, 0.3) is 33.4 Å². The van der Waals surface area contributed by atoms with Gasteiger partial charge in [-0.05, 0) is 36.6 Å². The van der Waals surface area contributed by atoms with Gasteiger partial charge in [-0.3, -0.25) is 24.3 Å². The fraction of sp³-hybridized carbons (Fsp3) is 0.379. The van der Waals surface area contributed by atoms with Gasteiger partial charge in [0.15, 0.2) is 0 Å². The number of benzene rings is 2. The minimum Gasteiger partial charge on any atom is -0.480 e. The second kappa shape index (κ2) is 11.4. The lowest BCUT2D eigenvalue weighted by atomic mass is 10.0. The van der Waals surface area contributed by atoms with Gasteiger partial charge in [-0.2, -0.15) is 5.10 Å². The van der Waals surface area contributed by atoms with E-state index in [0.29, 0.717) is 67.2 Å². The van der Waals surface area contributed by atoms with E-state index < -0.39 is 17.6 Å². The topological polar surface area (TPSA) is 96.6 Å². The van der Waals surface area contributed by atoms with Gasteiger partial charge < -0.3 is 9.84 Å². The molecule has 4 aromatic rings. The molecule has 6 rings (SSSR count). The third-order valence-electron chi connectivity index (χ3n) is 7.70. The summed E-state index contributed by atoms with van der Waals surface area (Å²) in [6.07, 6.45) is 6.95. The Bertz CT molecular complexity index is 1510. The average molecular weight is 549 g/mol. The molecule has 0 atom stereocenters. The summed E-state index contributed by atoms with van der Waals surface area (Å²) >= 11 is 0. The number of nitrogens with zero attached hydrogens (tertiary/aromatic N) is 6. The molecule has 0 bridgehead atoms. The molecule has 9 nitrogen and oxygen atoms in total. The van der Waals surface area contributed by atoms with E-state index in [4.69, 9.17) is 14.8 Å². The molecule has 4 heterocycles. The van der Waals surface area contributed by atoms with Gasteiger partial charge in [-0.25, -0.2) is 13.8 Å². The van der Waals surface area contributed by atoms with Crippen LogP contribution in [0.1, 0.15) is 24.4 Å². The Morgan fingerprint density at radius 3 is 2.48 bits per heavy atom. The second-order valence-corrected chi connectivity index (χ2v) is 10.3. The predicted octanol–water partition coefficient (Wildman–Crippen LogP) is 3.99. The first-order valence-electron chi connectivity index (χ1n) is 13.5. The lowest BCUT2D eigenvalue weighted by molar-refractivity contribution is -0.138. The van der Waals surface area contributed by atoms with Gasteiger partial charge in [0.25, 0.3) is 0 Å². The van der Waals surface area contributed by atoms with E-state index in [2.05, 4.69) is 10.1 Å². The number of hydrogen-bond acceptors (Lipinski definition) is 7. The van der Waals surface area contributed by atoms with Crippen LogP contribution in [0, 0.1) is 11.6 Å². The van der Waals surface area contributed by atoms with Gasteiger partial charge in [-0.15, -0.1) is 0 Å². The van der Waals surface area contributed by atoms with Gasteiger partial charge >= 0.3 is 5.97 Å². The monoisotopic (exact) mass is 548 g/mol. The highest BCUT2D eigenvalue weighted by Crippen LogP contribution is 2.32. The Balaban J connectivity index is 1.26. The number of aliphatic carboxylic acids is 1. The number of halogens is 2. The summed E-state index contributed by atoms with van der Waals surface area (Å²) < 4.78 is 37.6. The van der Waals surface area contributed by atoms with E-state index in [1.165, 1.54) is 12.1 Å². The number of piperidine rings is 1. The summed E-state index contributed by atoms with van der Waals surface area (Å²) in [5.74, 6) is -1.99. The van der Waals surface area contributed by atoms with Gasteiger partial charge in [0.1, 0.15) is 11.6 Å². The molecule has 0 aliphatic carbocycles. The molecular formula is C29H30F2N6O3. The predicted molar refractivity (Wildman–Crippen MR) is 145 cm³/mol. The number of carbonyl (C=O) groups is 1. The minimum absolute atomic E-state index is 0.0521. The number of carboxylic acid groups (broad SMARTS) is 1. The summed E-state index contributed by atoms with van der Waals surface area (Å²) in [5, 5.41) is 13.6. The highest BCUT2D eigenvalue weighted by molar-refractivity contribution is 5.92. The van der Waals surface area contributed by atoms with E-state index in [1.54, 1.807) is 24.5 Å². The lowest BCUT2D eigenvalue weighted by Crippen LogP contribution is -2.38. The Morgan fingerprint density at radius 2 is 1.75 bits per heavy atom. The number of ether oxygens (including phenoxy) is 1. The van der Waals surface area contributed by atoms with Crippen LogP contribution < -0.4 is 0 Å². The number of likely N-dealkylation sites (tertiary alicyclic amines) is 1. The molecule has 2 saturated heterocycles. The Kier molecular flexibility index (Phi) is 7.50. The summed E-state index contributed by atoms with van der Waals surface area (Å²) in [6.45, 7) is 4.05. The first-order valence-corrected chi connectivity index (χ1v) is 13.5. The van der Waals surface area contributed by atoms with Gasteiger partial charge in [0.2, 0.25) is 0 Å². The Labute approximate surface area is 230 Å². The molecule has 2 aromatic heterocycles. The molecule has 208 valence electrons. The van der Waals surface area contributed by atoms with Gasteiger partial charge in [0, 0.05) is 55.6 Å². The van der Waals surface area contributed by atoms with E-state index in [0.717, 1.165) is 18.4 Å². The maximum Gasteiger partial charge on any atom is 0.317 e. The van der Waals surface area contributed by atoms with Crippen molar-refractivity contribution in [3.05, 3.63) is 66.1 Å². The lowest BCUT2D eigenvalue weighted by Gasteiger charge is -2.30. The maximum atomic E-state index is 15.2. The van der Waals surface area contributed by atoms with Crippen molar-refractivity contribution in [1.82, 2.24) is 29.5 Å². The molecule has 0 unspecified atom stereocenters. The van der Waals surface area contributed by atoms with Crippen molar-refractivity contribution in [3.8, 4) is 22.4 Å². The van der Waals surface area contributed by atoms with Crippen molar-refractivity contribution in [2.75, 3.05) is 45.9 Å². The first-order chi connectivity index (χ1) is 19.4. The van der Waals surface area contributed by atoms with Crippen LogP contribution in [0.15, 0.2) is 48.9 Å². The quantitative estimate of drug-likeness (QED) is 0.371. The molecule has 2 aliphatic rings. The number of fused-ring (bicyclic) bond motifs is 1. The van der Waals surface area contributed by atoms with E-state index >= 15 is 8.78 Å². The van der Waals surface area contributed by atoms with Crippen molar-refractivity contribution in [3.63, 3.8) is 0 Å². The molecule has 2 fully saturated rings. The van der Waals surface area contributed by atoms with Crippen LogP contribution in [0.5, 0.6) is 0 Å².